The Kier molecular flexibility index (Phi) is 3.94. The molecular weight excluding hydrogens is 320 g/mol. The van der Waals surface area contributed by atoms with Crippen LogP contribution >= 0.6 is 11.6 Å². The zero-order valence-corrected chi connectivity index (χ0v) is 12.7. The van der Waals surface area contributed by atoms with Gasteiger partial charge in [0.2, 0.25) is 0 Å². The number of hydrogen-bond donors (Lipinski definition) is 1. The molecule has 0 aliphatic heterocycles. The number of ether oxygens (including phenoxy) is 1. The summed E-state index contributed by atoms with van der Waals surface area (Å²) >= 11 is 5.81. The Morgan fingerprint density at radius 1 is 1.22 bits per heavy atom. The molecule has 1 aromatic heterocycles. The van der Waals surface area contributed by atoms with Gasteiger partial charge in [0.25, 0.3) is 5.69 Å². The molecule has 0 radical (unpaired) electrons. The first kappa shape index (κ1) is 15.0. The zero-order chi connectivity index (χ0) is 16.4. The molecule has 0 saturated heterocycles. The maximum Gasteiger partial charge on any atom is 0.288 e. The molecule has 0 atom stereocenters. The van der Waals surface area contributed by atoms with Gasteiger partial charge in [-0.05, 0) is 24.3 Å². The van der Waals surface area contributed by atoms with Crippen LogP contribution in [0.15, 0.2) is 42.5 Å². The summed E-state index contributed by atoms with van der Waals surface area (Å²) in [6.07, 6.45) is 0. The third kappa shape index (κ3) is 3.00. The number of nitro benzene ring substituents is 1. The van der Waals surface area contributed by atoms with Gasteiger partial charge in [0.15, 0.2) is 11.6 Å². The lowest BCUT2D eigenvalue weighted by atomic mass is 10.2. The van der Waals surface area contributed by atoms with E-state index in [0.717, 1.165) is 5.56 Å². The highest BCUT2D eigenvalue weighted by molar-refractivity contribution is 6.32. The Morgan fingerprint density at radius 3 is 2.78 bits per heavy atom. The first-order valence-electron chi connectivity index (χ1n) is 6.59. The van der Waals surface area contributed by atoms with Crippen LogP contribution in [0.3, 0.4) is 0 Å². The molecule has 116 valence electrons. The highest BCUT2D eigenvalue weighted by atomic mass is 35.5. The van der Waals surface area contributed by atoms with Gasteiger partial charge in [0.05, 0.1) is 12.0 Å². The Balaban J connectivity index is 1.99. The van der Waals surface area contributed by atoms with Crippen LogP contribution in [-0.4, -0.2) is 27.2 Å². The lowest BCUT2D eigenvalue weighted by Gasteiger charge is -2.00. The molecule has 0 fully saturated rings. The van der Waals surface area contributed by atoms with Gasteiger partial charge in [-0.15, -0.1) is 0 Å². The molecule has 1 N–H and O–H groups in total. The normalized spacial score (nSPS) is 10.5. The molecule has 0 aliphatic carbocycles. The first-order valence-corrected chi connectivity index (χ1v) is 6.97. The average Bonchev–Trinajstić information content (AvgIpc) is 3.05. The van der Waals surface area contributed by atoms with E-state index in [9.17, 15) is 10.1 Å². The molecule has 1 heterocycles. The zero-order valence-electron chi connectivity index (χ0n) is 12.0. The summed E-state index contributed by atoms with van der Waals surface area (Å²) < 4.78 is 5.17. The SMILES string of the molecule is COc1cccc(-c2n[nH]c(-c3ccc(Cl)c([N+](=O)[O-])c3)n2)c1. The number of benzene rings is 2. The molecule has 0 amide bonds. The second kappa shape index (κ2) is 6.05. The van der Waals surface area contributed by atoms with Crippen LogP contribution in [0.2, 0.25) is 5.02 Å². The molecule has 0 unspecified atom stereocenters. The second-order valence-electron chi connectivity index (χ2n) is 4.66. The molecule has 0 spiro atoms. The van der Waals surface area contributed by atoms with E-state index in [2.05, 4.69) is 15.2 Å². The highest BCUT2D eigenvalue weighted by Gasteiger charge is 2.16. The van der Waals surface area contributed by atoms with Crippen LogP contribution < -0.4 is 4.74 Å². The third-order valence-electron chi connectivity index (χ3n) is 3.23. The Hall–Kier alpha value is -2.93. The van der Waals surface area contributed by atoms with Crippen LogP contribution in [0.5, 0.6) is 5.75 Å². The highest BCUT2D eigenvalue weighted by Crippen LogP contribution is 2.30. The Morgan fingerprint density at radius 2 is 2.04 bits per heavy atom. The van der Waals surface area contributed by atoms with Crippen molar-refractivity contribution >= 4 is 17.3 Å². The van der Waals surface area contributed by atoms with Gasteiger partial charge in [0.1, 0.15) is 10.8 Å². The van der Waals surface area contributed by atoms with Gasteiger partial charge >= 0.3 is 0 Å². The van der Waals surface area contributed by atoms with Crippen molar-refractivity contribution in [2.45, 2.75) is 0 Å². The van der Waals surface area contributed by atoms with E-state index >= 15 is 0 Å². The number of nitro groups is 1. The molecule has 0 saturated carbocycles. The topological polar surface area (TPSA) is 93.9 Å². The second-order valence-corrected chi connectivity index (χ2v) is 5.07. The van der Waals surface area contributed by atoms with Crippen molar-refractivity contribution in [1.29, 1.82) is 0 Å². The fourth-order valence-corrected chi connectivity index (χ4v) is 2.27. The van der Waals surface area contributed by atoms with Crippen molar-refractivity contribution in [3.63, 3.8) is 0 Å². The van der Waals surface area contributed by atoms with E-state index in [1.807, 2.05) is 18.2 Å². The Bertz CT molecular complexity index is 879. The average molecular weight is 331 g/mol. The fraction of sp³-hybridized carbons (Fsp3) is 0.0667. The summed E-state index contributed by atoms with van der Waals surface area (Å²) in [6.45, 7) is 0. The number of nitrogens with one attached hydrogen (secondary N) is 1. The van der Waals surface area contributed by atoms with Crippen molar-refractivity contribution in [2.75, 3.05) is 7.11 Å². The molecule has 3 rings (SSSR count). The van der Waals surface area contributed by atoms with Gasteiger partial charge in [-0.25, -0.2) is 4.98 Å². The van der Waals surface area contributed by atoms with Crippen molar-refractivity contribution in [2.24, 2.45) is 0 Å². The van der Waals surface area contributed by atoms with Gasteiger partial charge < -0.3 is 4.74 Å². The number of nitrogens with zero attached hydrogens (tertiary/aromatic N) is 3. The van der Waals surface area contributed by atoms with Gasteiger partial charge in [0, 0.05) is 17.2 Å². The largest absolute Gasteiger partial charge is 0.497 e. The monoisotopic (exact) mass is 330 g/mol. The number of methoxy groups -OCH3 is 1. The number of H-pyrrole nitrogens is 1. The number of hydrogen-bond acceptors (Lipinski definition) is 5. The number of aromatic nitrogens is 3. The van der Waals surface area contributed by atoms with E-state index in [4.69, 9.17) is 16.3 Å². The maximum absolute atomic E-state index is 11.0. The van der Waals surface area contributed by atoms with Crippen LogP contribution in [0, 0.1) is 10.1 Å². The van der Waals surface area contributed by atoms with Gasteiger partial charge in [-0.2, -0.15) is 5.10 Å². The van der Waals surface area contributed by atoms with Crippen LogP contribution in [0.1, 0.15) is 0 Å². The summed E-state index contributed by atoms with van der Waals surface area (Å²) in [7, 11) is 1.58. The molecular formula is C15H11ClN4O3. The lowest BCUT2D eigenvalue weighted by Crippen LogP contribution is -1.90. The van der Waals surface area contributed by atoms with E-state index in [1.54, 1.807) is 19.2 Å². The quantitative estimate of drug-likeness (QED) is 0.581. The minimum Gasteiger partial charge on any atom is -0.497 e. The molecule has 7 nitrogen and oxygen atoms in total. The van der Waals surface area contributed by atoms with Gasteiger partial charge in [-0.3, -0.25) is 15.2 Å². The third-order valence-corrected chi connectivity index (χ3v) is 3.55. The molecule has 3 aromatic rings. The standard InChI is InChI=1S/C15H11ClN4O3/c1-23-11-4-2-3-9(7-11)14-17-15(19-18-14)10-5-6-12(16)13(8-10)20(21)22/h2-8H,1H3,(H,17,18,19). The fourth-order valence-electron chi connectivity index (χ4n) is 2.08. The van der Waals surface area contributed by atoms with Crippen molar-refractivity contribution in [1.82, 2.24) is 15.2 Å². The lowest BCUT2D eigenvalue weighted by molar-refractivity contribution is -0.384. The molecule has 0 aliphatic rings. The summed E-state index contributed by atoms with van der Waals surface area (Å²) in [5.74, 6) is 1.58. The maximum atomic E-state index is 11.0. The Labute approximate surface area is 136 Å². The predicted octanol–water partition coefficient (Wildman–Crippen LogP) is 3.71. The minimum absolute atomic E-state index is 0.0753. The van der Waals surface area contributed by atoms with Crippen LogP contribution in [-0.2, 0) is 0 Å². The summed E-state index contributed by atoms with van der Waals surface area (Å²) in [5, 5.41) is 18.0. The molecule has 8 heteroatoms. The van der Waals surface area contributed by atoms with Crippen molar-refractivity contribution in [3.8, 4) is 28.5 Å². The number of halogens is 1. The molecule has 2 aromatic carbocycles. The van der Waals surface area contributed by atoms with Crippen LogP contribution in [0.25, 0.3) is 22.8 Å². The summed E-state index contributed by atoms with van der Waals surface area (Å²) in [5.41, 5.74) is 1.13. The summed E-state index contributed by atoms with van der Waals surface area (Å²) in [4.78, 5) is 14.8. The predicted molar refractivity (Wildman–Crippen MR) is 85.5 cm³/mol. The van der Waals surface area contributed by atoms with Crippen LogP contribution in [0.4, 0.5) is 5.69 Å². The first-order chi connectivity index (χ1) is 11.1. The van der Waals surface area contributed by atoms with E-state index in [0.29, 0.717) is 23.0 Å². The number of aromatic amines is 1. The van der Waals surface area contributed by atoms with Crippen molar-refractivity contribution < 1.29 is 9.66 Å². The van der Waals surface area contributed by atoms with Crippen molar-refractivity contribution in [3.05, 3.63) is 57.6 Å². The molecule has 23 heavy (non-hydrogen) atoms. The summed E-state index contributed by atoms with van der Waals surface area (Å²) in [6, 6.07) is 11.8. The van der Waals surface area contributed by atoms with E-state index < -0.39 is 4.92 Å². The van der Waals surface area contributed by atoms with E-state index in [-0.39, 0.29) is 10.7 Å². The minimum atomic E-state index is -0.537. The smallest absolute Gasteiger partial charge is 0.288 e. The van der Waals surface area contributed by atoms with E-state index in [1.165, 1.54) is 12.1 Å². The molecule has 0 bridgehead atoms. The van der Waals surface area contributed by atoms with Gasteiger partial charge in [-0.1, -0.05) is 23.7 Å². The number of rotatable bonds is 4.